The van der Waals surface area contributed by atoms with Crippen molar-refractivity contribution < 1.29 is 14.3 Å². The lowest BCUT2D eigenvalue weighted by Gasteiger charge is -2.33. The van der Waals surface area contributed by atoms with Crippen molar-refractivity contribution in [3.63, 3.8) is 0 Å². The summed E-state index contributed by atoms with van der Waals surface area (Å²) >= 11 is 0. The zero-order valence-corrected chi connectivity index (χ0v) is 13.1. The molecule has 1 aromatic carbocycles. The predicted octanol–water partition coefficient (Wildman–Crippen LogP) is 3.27. The molecule has 0 radical (unpaired) electrons. The van der Waals surface area contributed by atoms with Gasteiger partial charge in [0.25, 0.3) is 0 Å². The Morgan fingerprint density at radius 2 is 1.95 bits per heavy atom. The number of benzene rings is 1. The fourth-order valence-corrected chi connectivity index (χ4v) is 2.73. The van der Waals surface area contributed by atoms with Crippen molar-refractivity contribution in [3.8, 4) is 11.8 Å². The zero-order valence-electron chi connectivity index (χ0n) is 13.1. The minimum absolute atomic E-state index is 0.0709. The van der Waals surface area contributed by atoms with Gasteiger partial charge in [0, 0.05) is 6.54 Å². The second-order valence-corrected chi connectivity index (χ2v) is 5.53. The molecule has 1 fully saturated rings. The molecular weight excluding hydrogens is 278 g/mol. The average Bonchev–Trinajstić information content (AvgIpc) is 2.59. The van der Waals surface area contributed by atoms with Gasteiger partial charge in [-0.05, 0) is 18.4 Å². The highest BCUT2D eigenvalue weighted by Crippen LogP contribution is 2.28. The highest BCUT2D eigenvalue weighted by Gasteiger charge is 2.29. The molecule has 1 N–H and O–H groups in total. The summed E-state index contributed by atoms with van der Waals surface area (Å²) in [4.78, 5) is 10.9. The maximum atomic E-state index is 10.9. The van der Waals surface area contributed by atoms with Crippen molar-refractivity contribution >= 4 is 6.16 Å². The number of methoxy groups -OCH3 is 1. The van der Waals surface area contributed by atoms with Gasteiger partial charge in [0.1, 0.15) is 0 Å². The molecule has 0 unspecified atom stereocenters. The van der Waals surface area contributed by atoms with Crippen molar-refractivity contribution in [3.05, 3.63) is 35.9 Å². The molecule has 4 nitrogen and oxygen atoms in total. The Kier molecular flexibility index (Phi) is 6.29. The maximum Gasteiger partial charge on any atom is 0.508 e. The van der Waals surface area contributed by atoms with Gasteiger partial charge in [-0.3, -0.25) is 5.32 Å². The van der Waals surface area contributed by atoms with Gasteiger partial charge in [0.15, 0.2) is 6.61 Å². The smallest absolute Gasteiger partial charge is 0.438 e. The lowest BCUT2D eigenvalue weighted by Crippen LogP contribution is -2.45. The highest BCUT2D eigenvalue weighted by atomic mass is 16.7. The Labute approximate surface area is 132 Å². The highest BCUT2D eigenvalue weighted by molar-refractivity contribution is 5.59. The monoisotopic (exact) mass is 301 g/mol. The van der Waals surface area contributed by atoms with Crippen molar-refractivity contribution in [2.75, 3.05) is 13.7 Å². The lowest BCUT2D eigenvalue weighted by atomic mass is 9.82. The molecule has 0 aliphatic heterocycles. The Bertz CT molecular complexity index is 524. The van der Waals surface area contributed by atoms with Crippen LogP contribution in [0.25, 0.3) is 0 Å². The Morgan fingerprint density at radius 3 is 2.64 bits per heavy atom. The number of nitrogens with one attached hydrogen (secondary N) is 1. The number of carbonyl (C=O) groups is 1. The number of hydrogen-bond donors (Lipinski definition) is 1. The van der Waals surface area contributed by atoms with Crippen LogP contribution >= 0.6 is 0 Å². The largest absolute Gasteiger partial charge is 0.508 e. The molecular formula is C18H23NO3. The zero-order chi connectivity index (χ0) is 15.7. The summed E-state index contributed by atoms with van der Waals surface area (Å²) in [5, 5.41) is 3.61. The molecule has 0 saturated heterocycles. The minimum Gasteiger partial charge on any atom is -0.438 e. The van der Waals surface area contributed by atoms with Crippen LogP contribution in [-0.2, 0) is 16.0 Å². The predicted molar refractivity (Wildman–Crippen MR) is 85.2 cm³/mol. The summed E-state index contributed by atoms with van der Waals surface area (Å²) in [7, 11) is 1.29. The molecule has 1 aromatic rings. The maximum absolute atomic E-state index is 10.9. The fraction of sp³-hybridized carbons (Fsp3) is 0.500. The molecule has 1 aliphatic carbocycles. The lowest BCUT2D eigenvalue weighted by molar-refractivity contribution is 0.0832. The number of ether oxygens (including phenoxy) is 2. The molecule has 1 aliphatic rings. The van der Waals surface area contributed by atoms with Crippen LogP contribution in [0.15, 0.2) is 30.3 Å². The minimum atomic E-state index is -0.691. The summed E-state index contributed by atoms with van der Waals surface area (Å²) in [5.74, 6) is 6.25. The van der Waals surface area contributed by atoms with Gasteiger partial charge >= 0.3 is 6.16 Å². The fourth-order valence-electron chi connectivity index (χ4n) is 2.73. The van der Waals surface area contributed by atoms with Crippen LogP contribution < -0.4 is 5.32 Å². The second kappa shape index (κ2) is 8.45. The van der Waals surface area contributed by atoms with Gasteiger partial charge in [0.2, 0.25) is 0 Å². The first-order chi connectivity index (χ1) is 10.7. The standard InChI is InChI=1S/C18H23NO3/c1-21-17(20)22-14-8-13-18(11-6-3-7-12-18)19-15-16-9-4-2-5-10-16/h2,4-5,9-10,19H,3,6-7,11-12,14-15H2,1H3. The topological polar surface area (TPSA) is 47.6 Å². The molecule has 0 bridgehead atoms. The summed E-state index contributed by atoms with van der Waals surface area (Å²) in [6, 6.07) is 10.3. The van der Waals surface area contributed by atoms with E-state index in [2.05, 4.69) is 34.0 Å². The third-order valence-electron chi connectivity index (χ3n) is 3.94. The van der Waals surface area contributed by atoms with E-state index in [1.54, 1.807) is 0 Å². The third-order valence-corrected chi connectivity index (χ3v) is 3.94. The van der Waals surface area contributed by atoms with Gasteiger partial charge in [-0.25, -0.2) is 4.79 Å². The normalized spacial score (nSPS) is 16.2. The van der Waals surface area contributed by atoms with Crippen LogP contribution in [0, 0.1) is 11.8 Å². The molecule has 0 amide bonds. The van der Waals surface area contributed by atoms with E-state index in [1.165, 1.54) is 31.9 Å². The van der Waals surface area contributed by atoms with Crippen molar-refractivity contribution in [1.29, 1.82) is 0 Å². The molecule has 2 rings (SSSR count). The summed E-state index contributed by atoms with van der Waals surface area (Å²) in [6.07, 6.45) is 4.98. The van der Waals surface area contributed by atoms with E-state index in [4.69, 9.17) is 4.74 Å². The molecule has 1 saturated carbocycles. The second-order valence-electron chi connectivity index (χ2n) is 5.53. The van der Waals surface area contributed by atoms with Crippen LogP contribution in [0.1, 0.15) is 37.7 Å². The molecule has 0 atom stereocenters. The van der Waals surface area contributed by atoms with Crippen LogP contribution in [0.2, 0.25) is 0 Å². The van der Waals surface area contributed by atoms with Crippen LogP contribution in [-0.4, -0.2) is 25.4 Å². The number of carbonyl (C=O) groups excluding carboxylic acids is 1. The van der Waals surface area contributed by atoms with Crippen molar-refractivity contribution in [2.45, 2.75) is 44.2 Å². The molecule has 4 heteroatoms. The van der Waals surface area contributed by atoms with Crippen molar-refractivity contribution in [2.24, 2.45) is 0 Å². The Morgan fingerprint density at radius 1 is 1.23 bits per heavy atom. The first kappa shape index (κ1) is 16.4. The van der Waals surface area contributed by atoms with E-state index in [9.17, 15) is 4.79 Å². The Balaban J connectivity index is 1.95. The van der Waals surface area contributed by atoms with E-state index >= 15 is 0 Å². The van der Waals surface area contributed by atoms with E-state index < -0.39 is 6.16 Å². The number of hydrogen-bond acceptors (Lipinski definition) is 4. The van der Waals surface area contributed by atoms with Gasteiger partial charge in [-0.1, -0.05) is 61.4 Å². The molecule has 0 heterocycles. The summed E-state index contributed by atoms with van der Waals surface area (Å²) in [6.45, 7) is 0.870. The quantitative estimate of drug-likeness (QED) is 0.685. The average molecular weight is 301 g/mol. The van der Waals surface area contributed by atoms with Crippen LogP contribution in [0.3, 0.4) is 0 Å². The van der Waals surface area contributed by atoms with E-state index in [0.29, 0.717) is 0 Å². The van der Waals surface area contributed by atoms with Crippen LogP contribution in [0.5, 0.6) is 0 Å². The summed E-state index contributed by atoms with van der Waals surface area (Å²) in [5.41, 5.74) is 1.08. The molecule has 22 heavy (non-hydrogen) atoms. The van der Waals surface area contributed by atoms with Gasteiger partial charge in [-0.2, -0.15) is 0 Å². The first-order valence-corrected chi connectivity index (χ1v) is 7.74. The molecule has 118 valence electrons. The number of rotatable bonds is 4. The summed E-state index contributed by atoms with van der Waals surface area (Å²) < 4.78 is 9.26. The Hall–Kier alpha value is -1.99. The third kappa shape index (κ3) is 5.09. The molecule has 0 spiro atoms. The van der Waals surface area contributed by atoms with Gasteiger partial charge in [0.05, 0.1) is 12.6 Å². The molecule has 0 aromatic heterocycles. The van der Waals surface area contributed by atoms with E-state index in [0.717, 1.165) is 19.4 Å². The van der Waals surface area contributed by atoms with Crippen LogP contribution in [0.4, 0.5) is 4.79 Å². The van der Waals surface area contributed by atoms with Gasteiger partial charge in [-0.15, -0.1) is 0 Å². The SMILES string of the molecule is COC(=O)OCC#CC1(NCc2ccccc2)CCCCC1. The van der Waals surface area contributed by atoms with Crippen molar-refractivity contribution in [1.82, 2.24) is 5.32 Å². The van der Waals surface area contributed by atoms with E-state index in [-0.39, 0.29) is 12.1 Å². The van der Waals surface area contributed by atoms with E-state index in [1.807, 2.05) is 18.2 Å². The first-order valence-electron chi connectivity index (χ1n) is 7.74. The van der Waals surface area contributed by atoms with Gasteiger partial charge < -0.3 is 9.47 Å².